The molecule has 9 nitrogen and oxygen atoms in total. The van der Waals surface area contributed by atoms with Crippen molar-refractivity contribution in [1.82, 2.24) is 5.32 Å². The Hall–Kier alpha value is -3.67. The zero-order valence-corrected chi connectivity index (χ0v) is 23.2. The van der Waals surface area contributed by atoms with E-state index < -0.39 is 28.0 Å². The molecule has 4 rings (SSSR count). The molecular formula is C26H20BrClN2O7S. The molecule has 1 aliphatic heterocycles. The number of ether oxygens (including phenoxy) is 1. The van der Waals surface area contributed by atoms with Crippen molar-refractivity contribution < 1.29 is 31.7 Å². The van der Waals surface area contributed by atoms with Gasteiger partial charge >= 0.3 is 16.1 Å². The fourth-order valence-electron chi connectivity index (χ4n) is 3.55. The summed E-state index contributed by atoms with van der Waals surface area (Å²) in [7, 11) is -4.20. The van der Waals surface area contributed by atoms with Crippen LogP contribution in [0.3, 0.4) is 0 Å². The van der Waals surface area contributed by atoms with E-state index in [-0.39, 0.29) is 43.8 Å². The minimum atomic E-state index is -4.20. The van der Waals surface area contributed by atoms with Gasteiger partial charge in [-0.25, -0.2) is 9.69 Å². The molecule has 0 atom stereocenters. The van der Waals surface area contributed by atoms with E-state index in [1.54, 1.807) is 31.2 Å². The summed E-state index contributed by atoms with van der Waals surface area (Å²) < 4.78 is 37.0. The number of hydrogen-bond acceptors (Lipinski definition) is 7. The zero-order chi connectivity index (χ0) is 27.6. The second-order valence-electron chi connectivity index (χ2n) is 8.02. The Morgan fingerprint density at radius 1 is 1.05 bits per heavy atom. The molecule has 196 valence electrons. The highest BCUT2D eigenvalue weighted by molar-refractivity contribution is 9.10. The average Bonchev–Trinajstić information content (AvgIpc) is 2.85. The predicted octanol–water partition coefficient (Wildman–Crippen LogP) is 5.24. The summed E-state index contributed by atoms with van der Waals surface area (Å²) in [5.74, 6) is -1.85. The lowest BCUT2D eigenvalue weighted by Crippen LogP contribution is -2.54. The van der Waals surface area contributed by atoms with Gasteiger partial charge in [0.05, 0.1) is 21.8 Å². The van der Waals surface area contributed by atoms with Crippen molar-refractivity contribution in [3.05, 3.63) is 86.9 Å². The Labute approximate surface area is 232 Å². The first kappa shape index (κ1) is 27.4. The van der Waals surface area contributed by atoms with E-state index in [1.807, 2.05) is 6.92 Å². The molecule has 4 amide bonds. The number of rotatable bonds is 7. The molecule has 1 fully saturated rings. The van der Waals surface area contributed by atoms with Gasteiger partial charge in [0.25, 0.3) is 11.8 Å². The Morgan fingerprint density at radius 3 is 2.39 bits per heavy atom. The molecule has 0 aliphatic carbocycles. The monoisotopic (exact) mass is 618 g/mol. The first-order valence-electron chi connectivity index (χ1n) is 11.2. The Balaban J connectivity index is 1.73. The minimum absolute atomic E-state index is 0.0440. The van der Waals surface area contributed by atoms with Gasteiger partial charge in [0, 0.05) is 0 Å². The van der Waals surface area contributed by atoms with Crippen LogP contribution in [0.15, 0.2) is 75.6 Å². The molecule has 0 spiro atoms. The highest BCUT2D eigenvalue weighted by Gasteiger charge is 2.37. The quantitative estimate of drug-likeness (QED) is 0.218. The van der Waals surface area contributed by atoms with E-state index in [0.717, 1.165) is 10.5 Å². The van der Waals surface area contributed by atoms with Crippen molar-refractivity contribution in [2.75, 3.05) is 11.5 Å². The van der Waals surface area contributed by atoms with Crippen molar-refractivity contribution in [3.63, 3.8) is 0 Å². The topological polar surface area (TPSA) is 119 Å². The number of halogens is 2. The molecule has 0 aromatic heterocycles. The lowest BCUT2D eigenvalue weighted by atomic mass is 10.1. The van der Waals surface area contributed by atoms with Gasteiger partial charge in [0.15, 0.2) is 11.5 Å². The van der Waals surface area contributed by atoms with Crippen LogP contribution in [0.1, 0.15) is 18.1 Å². The lowest BCUT2D eigenvalue weighted by molar-refractivity contribution is -0.122. The minimum Gasteiger partial charge on any atom is -0.490 e. The van der Waals surface area contributed by atoms with E-state index in [2.05, 4.69) is 21.2 Å². The van der Waals surface area contributed by atoms with Crippen LogP contribution in [-0.4, -0.2) is 32.9 Å². The summed E-state index contributed by atoms with van der Waals surface area (Å²) in [5, 5.41) is 2.27. The number of benzene rings is 3. The third-order valence-corrected chi connectivity index (χ3v) is 7.48. The van der Waals surface area contributed by atoms with Crippen LogP contribution in [0, 0.1) is 6.92 Å². The van der Waals surface area contributed by atoms with Crippen LogP contribution in [-0.2, 0) is 19.7 Å². The van der Waals surface area contributed by atoms with Gasteiger partial charge in [0.2, 0.25) is 0 Å². The number of barbiturate groups is 1. The fraction of sp³-hybridized carbons (Fsp3) is 0.115. The number of carbonyl (C=O) groups excluding carboxylic acids is 3. The number of amides is 4. The Kier molecular flexibility index (Phi) is 7.91. The molecule has 1 N–H and O–H groups in total. The van der Waals surface area contributed by atoms with Gasteiger partial charge in [-0.1, -0.05) is 41.4 Å². The number of carbonyl (C=O) groups is 3. The van der Waals surface area contributed by atoms with E-state index in [9.17, 15) is 22.8 Å². The number of para-hydroxylation sites is 1. The largest absolute Gasteiger partial charge is 0.490 e. The van der Waals surface area contributed by atoms with Crippen molar-refractivity contribution in [2.45, 2.75) is 18.7 Å². The van der Waals surface area contributed by atoms with Gasteiger partial charge in [0.1, 0.15) is 10.5 Å². The first-order chi connectivity index (χ1) is 18.0. The van der Waals surface area contributed by atoms with Crippen LogP contribution in [0.2, 0.25) is 5.02 Å². The van der Waals surface area contributed by atoms with Gasteiger partial charge in [-0.3, -0.25) is 14.9 Å². The number of imide groups is 2. The van der Waals surface area contributed by atoms with E-state index in [4.69, 9.17) is 20.5 Å². The molecule has 1 aliphatic rings. The van der Waals surface area contributed by atoms with Crippen LogP contribution >= 0.6 is 27.5 Å². The zero-order valence-electron chi connectivity index (χ0n) is 20.0. The number of nitrogens with one attached hydrogen (secondary N) is 1. The summed E-state index contributed by atoms with van der Waals surface area (Å²) in [6, 6.07) is 14.3. The maximum absolute atomic E-state index is 13.2. The SMILES string of the molecule is CCOc1cc(/C=C2\C(=O)NC(=O)N(c3ccccc3Cl)C2=O)cc(Br)c1OS(=O)(=O)c1ccc(C)cc1. The van der Waals surface area contributed by atoms with E-state index in [0.29, 0.717) is 5.56 Å². The fourth-order valence-corrected chi connectivity index (χ4v) is 5.38. The highest BCUT2D eigenvalue weighted by atomic mass is 79.9. The van der Waals surface area contributed by atoms with E-state index >= 15 is 0 Å². The molecule has 0 unspecified atom stereocenters. The molecule has 3 aromatic rings. The number of anilines is 1. The van der Waals surface area contributed by atoms with Crippen LogP contribution in [0.4, 0.5) is 10.5 Å². The van der Waals surface area contributed by atoms with Crippen molar-refractivity contribution >= 4 is 67.3 Å². The predicted molar refractivity (Wildman–Crippen MR) is 145 cm³/mol. The lowest BCUT2D eigenvalue weighted by Gasteiger charge is -2.27. The number of aryl methyl sites for hydroxylation is 1. The maximum Gasteiger partial charge on any atom is 0.339 e. The van der Waals surface area contributed by atoms with Gasteiger partial charge in [-0.15, -0.1) is 0 Å². The smallest absolute Gasteiger partial charge is 0.339 e. The molecule has 0 bridgehead atoms. The average molecular weight is 620 g/mol. The molecule has 1 saturated heterocycles. The summed E-state index contributed by atoms with van der Waals surface area (Å²) in [4.78, 5) is 39.0. The van der Waals surface area contributed by atoms with Gasteiger partial charge in [-0.2, -0.15) is 8.42 Å². The highest BCUT2D eigenvalue weighted by Crippen LogP contribution is 2.39. The van der Waals surface area contributed by atoms with Crippen molar-refractivity contribution in [1.29, 1.82) is 0 Å². The first-order valence-corrected chi connectivity index (χ1v) is 13.7. The maximum atomic E-state index is 13.2. The molecule has 12 heteroatoms. The Bertz CT molecular complexity index is 1590. The summed E-state index contributed by atoms with van der Waals surface area (Å²) in [6.07, 6.45) is 1.25. The third-order valence-electron chi connectivity index (χ3n) is 5.34. The number of urea groups is 1. The molecule has 38 heavy (non-hydrogen) atoms. The summed E-state index contributed by atoms with van der Waals surface area (Å²) >= 11 is 9.47. The molecule has 1 heterocycles. The van der Waals surface area contributed by atoms with Crippen molar-refractivity contribution in [3.8, 4) is 11.5 Å². The van der Waals surface area contributed by atoms with Crippen LogP contribution in [0.5, 0.6) is 11.5 Å². The number of hydrogen-bond donors (Lipinski definition) is 1. The van der Waals surface area contributed by atoms with Crippen molar-refractivity contribution in [2.24, 2.45) is 0 Å². The second-order valence-corrected chi connectivity index (χ2v) is 10.8. The second kappa shape index (κ2) is 11.0. The molecular weight excluding hydrogens is 600 g/mol. The molecule has 0 radical (unpaired) electrons. The summed E-state index contributed by atoms with van der Waals surface area (Å²) in [6.45, 7) is 3.69. The molecule has 0 saturated carbocycles. The number of nitrogens with zero attached hydrogens (tertiary/aromatic N) is 1. The normalized spacial score (nSPS) is 15.0. The van der Waals surface area contributed by atoms with Crippen LogP contribution < -0.4 is 19.1 Å². The standard InChI is InChI=1S/C26H20BrClN2O7S/c1-3-36-22-14-16(13-19(27)23(22)37-38(34,35)17-10-8-15(2)9-11-17)12-18-24(31)29-26(33)30(25(18)32)21-7-5-4-6-20(21)28/h4-14H,3H2,1-2H3,(H,29,31,33)/b18-12+. The van der Waals surface area contributed by atoms with Crippen LogP contribution in [0.25, 0.3) is 6.08 Å². The third kappa shape index (κ3) is 5.59. The summed E-state index contributed by atoms with van der Waals surface area (Å²) in [5.41, 5.74) is 0.942. The molecule has 3 aromatic carbocycles. The van der Waals surface area contributed by atoms with Gasteiger partial charge < -0.3 is 8.92 Å². The van der Waals surface area contributed by atoms with E-state index in [1.165, 1.54) is 42.5 Å². The Morgan fingerprint density at radius 2 is 1.74 bits per heavy atom. The van der Waals surface area contributed by atoms with Gasteiger partial charge in [-0.05, 0) is 77.8 Å².